The van der Waals surface area contributed by atoms with Crippen molar-refractivity contribution >= 4 is 22.8 Å². The smallest absolute Gasteiger partial charge is 0.227 e. The van der Waals surface area contributed by atoms with Crippen LogP contribution in [0.3, 0.4) is 0 Å². The summed E-state index contributed by atoms with van der Waals surface area (Å²) in [5.41, 5.74) is 2.93. The fourth-order valence-corrected chi connectivity index (χ4v) is 4.53. The minimum Gasteiger partial charge on any atom is -0.464 e. The molecule has 4 rings (SSSR count). The highest BCUT2D eigenvalue weighted by atomic mass is 16.3. The summed E-state index contributed by atoms with van der Waals surface area (Å²) in [6, 6.07) is 6.08. The first kappa shape index (κ1) is 19.0. The number of carbonyl (C=O) groups excluding carboxylic acids is 2. The van der Waals surface area contributed by atoms with Gasteiger partial charge in [0, 0.05) is 43.0 Å². The van der Waals surface area contributed by atoms with Crippen molar-refractivity contribution in [3.8, 4) is 0 Å². The summed E-state index contributed by atoms with van der Waals surface area (Å²) in [6.45, 7) is 5.20. The van der Waals surface area contributed by atoms with Crippen LogP contribution in [0.4, 0.5) is 0 Å². The maximum Gasteiger partial charge on any atom is 0.227 e. The quantitative estimate of drug-likeness (QED) is 0.808. The van der Waals surface area contributed by atoms with Gasteiger partial charge in [-0.05, 0) is 44.2 Å². The molecule has 2 amide bonds. The van der Waals surface area contributed by atoms with Gasteiger partial charge in [-0.15, -0.1) is 0 Å². The van der Waals surface area contributed by atoms with E-state index in [1.165, 1.54) is 12.8 Å². The third-order valence-electron chi connectivity index (χ3n) is 6.27. The Morgan fingerprint density at radius 1 is 1.00 bits per heavy atom. The third-order valence-corrected chi connectivity index (χ3v) is 6.27. The molecule has 2 saturated heterocycles. The number of fused-ring (bicyclic) bond motifs is 1. The first-order chi connectivity index (χ1) is 13.6. The number of nitrogens with zero attached hydrogens (tertiary/aromatic N) is 2. The van der Waals surface area contributed by atoms with Crippen LogP contribution < -0.4 is 0 Å². The fourth-order valence-electron chi connectivity index (χ4n) is 4.53. The van der Waals surface area contributed by atoms with Crippen molar-refractivity contribution in [2.24, 2.45) is 5.92 Å². The number of rotatable bonds is 3. The summed E-state index contributed by atoms with van der Waals surface area (Å²) in [4.78, 5) is 29.6. The molecule has 5 heteroatoms. The van der Waals surface area contributed by atoms with E-state index >= 15 is 0 Å². The van der Waals surface area contributed by atoms with E-state index in [1.54, 1.807) is 6.26 Å². The van der Waals surface area contributed by atoms with E-state index in [4.69, 9.17) is 4.42 Å². The van der Waals surface area contributed by atoms with Crippen molar-refractivity contribution in [3.05, 3.63) is 35.6 Å². The molecule has 0 atom stereocenters. The number of piperidine rings is 1. The topological polar surface area (TPSA) is 53.8 Å². The molecule has 0 unspecified atom stereocenters. The molecule has 1 aromatic carbocycles. The van der Waals surface area contributed by atoms with Crippen LogP contribution in [0.1, 0.15) is 49.7 Å². The van der Waals surface area contributed by atoms with E-state index in [9.17, 15) is 9.59 Å². The highest BCUT2D eigenvalue weighted by molar-refractivity contribution is 5.88. The van der Waals surface area contributed by atoms with Crippen LogP contribution in [-0.4, -0.2) is 47.8 Å². The predicted molar refractivity (Wildman–Crippen MR) is 109 cm³/mol. The van der Waals surface area contributed by atoms with Gasteiger partial charge >= 0.3 is 0 Å². The SMILES string of the molecule is Cc1ccc2c(CC(=O)N3CCC(C(=O)N4CCCCCC4)CC3)coc2c1. The van der Waals surface area contributed by atoms with Gasteiger partial charge in [-0.2, -0.15) is 0 Å². The monoisotopic (exact) mass is 382 g/mol. The van der Waals surface area contributed by atoms with E-state index in [-0.39, 0.29) is 11.8 Å². The third kappa shape index (κ3) is 4.08. The average Bonchev–Trinajstić information content (AvgIpc) is 2.92. The molecule has 0 saturated carbocycles. The number of furan rings is 1. The van der Waals surface area contributed by atoms with Crippen LogP contribution in [0.2, 0.25) is 0 Å². The van der Waals surface area contributed by atoms with Gasteiger partial charge in [0.15, 0.2) is 0 Å². The first-order valence-corrected chi connectivity index (χ1v) is 10.6. The van der Waals surface area contributed by atoms with Gasteiger partial charge in [0.1, 0.15) is 5.58 Å². The van der Waals surface area contributed by atoms with Gasteiger partial charge in [0.2, 0.25) is 11.8 Å². The summed E-state index contributed by atoms with van der Waals surface area (Å²) < 4.78 is 5.62. The van der Waals surface area contributed by atoms with Crippen LogP contribution in [0.25, 0.3) is 11.0 Å². The highest BCUT2D eigenvalue weighted by Gasteiger charge is 2.30. The molecule has 0 spiro atoms. The van der Waals surface area contributed by atoms with Crippen LogP contribution in [0.5, 0.6) is 0 Å². The Kier molecular flexibility index (Phi) is 5.69. The van der Waals surface area contributed by atoms with Gasteiger partial charge in [-0.25, -0.2) is 0 Å². The minimum atomic E-state index is 0.0832. The van der Waals surface area contributed by atoms with E-state index in [0.29, 0.717) is 25.4 Å². The van der Waals surface area contributed by atoms with Crippen LogP contribution >= 0.6 is 0 Å². The van der Waals surface area contributed by atoms with Crippen molar-refractivity contribution < 1.29 is 14.0 Å². The summed E-state index contributed by atoms with van der Waals surface area (Å²) in [6.07, 6.45) is 8.36. The van der Waals surface area contributed by atoms with Crippen LogP contribution in [-0.2, 0) is 16.0 Å². The first-order valence-electron chi connectivity index (χ1n) is 10.6. The number of hydrogen-bond acceptors (Lipinski definition) is 3. The molecule has 0 radical (unpaired) electrons. The molecule has 3 heterocycles. The Balaban J connectivity index is 1.32. The second-order valence-electron chi connectivity index (χ2n) is 8.33. The lowest BCUT2D eigenvalue weighted by atomic mass is 9.94. The average molecular weight is 383 g/mol. The summed E-state index contributed by atoms with van der Waals surface area (Å²) >= 11 is 0. The minimum absolute atomic E-state index is 0.0832. The molecule has 5 nitrogen and oxygen atoms in total. The number of aryl methyl sites for hydroxylation is 1. The fraction of sp³-hybridized carbons (Fsp3) is 0.565. The number of carbonyl (C=O) groups is 2. The molecule has 0 bridgehead atoms. The second-order valence-corrected chi connectivity index (χ2v) is 8.33. The summed E-state index contributed by atoms with van der Waals surface area (Å²) in [5.74, 6) is 0.522. The Bertz CT molecular complexity index is 841. The zero-order chi connectivity index (χ0) is 19.5. The van der Waals surface area contributed by atoms with E-state index in [2.05, 4.69) is 4.90 Å². The van der Waals surface area contributed by atoms with E-state index < -0.39 is 0 Å². The van der Waals surface area contributed by atoms with Crippen LogP contribution in [0.15, 0.2) is 28.9 Å². The highest BCUT2D eigenvalue weighted by Crippen LogP contribution is 2.25. The predicted octanol–water partition coefficient (Wildman–Crippen LogP) is 3.92. The number of hydrogen-bond donors (Lipinski definition) is 0. The molecule has 2 fully saturated rings. The maximum atomic E-state index is 12.8. The van der Waals surface area contributed by atoms with E-state index in [1.807, 2.05) is 30.0 Å². The number of likely N-dealkylation sites (tertiary alicyclic amines) is 2. The lowest BCUT2D eigenvalue weighted by Crippen LogP contribution is -2.45. The maximum absolute atomic E-state index is 12.8. The molecule has 0 aliphatic carbocycles. The molecular formula is C23H30N2O3. The normalized spacial score (nSPS) is 19.0. The molecule has 2 aromatic rings. The van der Waals surface area contributed by atoms with Crippen molar-refractivity contribution in [1.29, 1.82) is 0 Å². The lowest BCUT2D eigenvalue weighted by Gasteiger charge is -2.34. The van der Waals surface area contributed by atoms with Gasteiger partial charge in [0.05, 0.1) is 12.7 Å². The molecule has 1 aromatic heterocycles. The number of amides is 2. The van der Waals surface area contributed by atoms with Gasteiger partial charge in [-0.3, -0.25) is 9.59 Å². The Morgan fingerprint density at radius 2 is 1.71 bits per heavy atom. The van der Waals surface area contributed by atoms with Crippen molar-refractivity contribution in [2.75, 3.05) is 26.2 Å². The molecular weight excluding hydrogens is 352 g/mol. The molecule has 0 N–H and O–H groups in total. The van der Waals surface area contributed by atoms with Crippen LogP contribution in [0, 0.1) is 12.8 Å². The second kappa shape index (κ2) is 8.38. The van der Waals surface area contributed by atoms with E-state index in [0.717, 1.165) is 60.9 Å². The lowest BCUT2D eigenvalue weighted by molar-refractivity contribution is -0.140. The Hall–Kier alpha value is -2.30. The largest absolute Gasteiger partial charge is 0.464 e. The van der Waals surface area contributed by atoms with Gasteiger partial charge in [0.25, 0.3) is 0 Å². The molecule has 2 aliphatic rings. The van der Waals surface area contributed by atoms with Crippen molar-refractivity contribution in [2.45, 2.75) is 51.9 Å². The van der Waals surface area contributed by atoms with Gasteiger partial charge in [-0.1, -0.05) is 25.0 Å². The Morgan fingerprint density at radius 3 is 2.43 bits per heavy atom. The van der Waals surface area contributed by atoms with Gasteiger partial charge < -0.3 is 14.2 Å². The molecule has 150 valence electrons. The van der Waals surface area contributed by atoms with Crippen molar-refractivity contribution in [1.82, 2.24) is 9.80 Å². The molecule has 2 aliphatic heterocycles. The Labute approximate surface area is 166 Å². The van der Waals surface area contributed by atoms with Crippen molar-refractivity contribution in [3.63, 3.8) is 0 Å². The zero-order valence-electron chi connectivity index (χ0n) is 16.8. The molecule has 28 heavy (non-hydrogen) atoms. The summed E-state index contributed by atoms with van der Waals surface area (Å²) in [5, 5.41) is 1.02. The summed E-state index contributed by atoms with van der Waals surface area (Å²) in [7, 11) is 0. The standard InChI is InChI=1S/C23H30N2O3/c1-17-6-7-20-19(16-28-21(20)14-17)15-22(26)24-12-8-18(9-13-24)23(27)25-10-4-2-3-5-11-25/h6-7,14,16,18H,2-5,8-13,15H2,1H3. The zero-order valence-corrected chi connectivity index (χ0v) is 16.8. The number of benzene rings is 1.